The van der Waals surface area contributed by atoms with Gasteiger partial charge in [-0.2, -0.15) is 0 Å². The van der Waals surface area contributed by atoms with E-state index in [-0.39, 0.29) is 0 Å². The smallest absolute Gasteiger partial charge is 0.0685 e. The molecule has 1 N–H and O–H groups in total. The number of rotatable bonds is 1. The maximum Gasteiger partial charge on any atom is 0.0685 e. The highest BCUT2D eigenvalue weighted by Crippen LogP contribution is 2.42. The van der Waals surface area contributed by atoms with Gasteiger partial charge in [-0.15, -0.1) is 0 Å². The van der Waals surface area contributed by atoms with Gasteiger partial charge in [0.15, 0.2) is 0 Å². The van der Waals surface area contributed by atoms with Crippen LogP contribution in [0.5, 0.6) is 0 Å². The standard InChI is InChI=1S/C8H8Br2ClN/c9-5-3-12-8(4-1-2-4)6(10)7(5)11/h3-4,8,12H,1-2H2. The van der Waals surface area contributed by atoms with Gasteiger partial charge in [-0.05, 0) is 34.7 Å². The Hall–Kier alpha value is 0.530. The Kier molecular flexibility index (Phi) is 2.54. The van der Waals surface area contributed by atoms with Crippen LogP contribution in [0.1, 0.15) is 12.8 Å². The van der Waals surface area contributed by atoms with Crippen LogP contribution in [0.25, 0.3) is 0 Å². The van der Waals surface area contributed by atoms with Gasteiger partial charge in [-0.1, -0.05) is 27.5 Å². The Morgan fingerprint density at radius 2 is 2.08 bits per heavy atom. The molecule has 1 heterocycles. The topological polar surface area (TPSA) is 12.0 Å². The van der Waals surface area contributed by atoms with E-state index in [0.717, 1.165) is 19.9 Å². The molecule has 1 unspecified atom stereocenters. The average molecular weight is 313 g/mol. The first-order valence-electron chi connectivity index (χ1n) is 3.87. The lowest BCUT2D eigenvalue weighted by Crippen LogP contribution is -2.30. The van der Waals surface area contributed by atoms with Gasteiger partial charge in [0.1, 0.15) is 0 Å². The van der Waals surface area contributed by atoms with E-state index in [4.69, 9.17) is 11.6 Å². The largest absolute Gasteiger partial charge is 0.382 e. The van der Waals surface area contributed by atoms with Crippen molar-refractivity contribution in [2.24, 2.45) is 5.92 Å². The average Bonchev–Trinajstić information content (AvgIpc) is 2.84. The fraction of sp³-hybridized carbons (Fsp3) is 0.500. The molecular formula is C8H8Br2ClN. The van der Waals surface area contributed by atoms with Gasteiger partial charge in [-0.25, -0.2) is 0 Å². The summed E-state index contributed by atoms with van der Waals surface area (Å²) >= 11 is 12.9. The molecule has 1 aliphatic heterocycles. The van der Waals surface area contributed by atoms with Crippen molar-refractivity contribution < 1.29 is 0 Å². The fourth-order valence-corrected chi connectivity index (χ4v) is 2.83. The van der Waals surface area contributed by atoms with Crippen molar-refractivity contribution in [1.82, 2.24) is 5.32 Å². The van der Waals surface area contributed by atoms with Gasteiger partial charge in [-0.3, -0.25) is 0 Å². The third kappa shape index (κ3) is 1.59. The van der Waals surface area contributed by atoms with Crippen LogP contribution in [0.4, 0.5) is 0 Å². The van der Waals surface area contributed by atoms with Crippen molar-refractivity contribution in [2.75, 3.05) is 0 Å². The van der Waals surface area contributed by atoms with Gasteiger partial charge in [0.25, 0.3) is 0 Å². The van der Waals surface area contributed by atoms with Crippen LogP contribution in [0.15, 0.2) is 20.2 Å². The molecule has 2 aliphatic rings. The van der Waals surface area contributed by atoms with Crippen LogP contribution < -0.4 is 5.32 Å². The lowest BCUT2D eigenvalue weighted by atomic mass is 10.1. The first-order chi connectivity index (χ1) is 5.70. The monoisotopic (exact) mass is 311 g/mol. The molecule has 1 aliphatic carbocycles. The Morgan fingerprint density at radius 3 is 2.67 bits per heavy atom. The molecule has 2 rings (SSSR count). The summed E-state index contributed by atoms with van der Waals surface area (Å²) in [7, 11) is 0. The second kappa shape index (κ2) is 3.35. The minimum Gasteiger partial charge on any atom is -0.382 e. The van der Waals surface area contributed by atoms with E-state index in [2.05, 4.69) is 37.2 Å². The number of allylic oxidation sites excluding steroid dienone is 2. The zero-order chi connectivity index (χ0) is 8.72. The molecule has 0 amide bonds. The van der Waals surface area contributed by atoms with Crippen LogP contribution in [-0.2, 0) is 0 Å². The Morgan fingerprint density at radius 1 is 1.42 bits per heavy atom. The lowest BCUT2D eigenvalue weighted by molar-refractivity contribution is 0.608. The normalized spacial score (nSPS) is 29.9. The van der Waals surface area contributed by atoms with E-state index >= 15 is 0 Å². The van der Waals surface area contributed by atoms with E-state index in [1.54, 1.807) is 0 Å². The second-order valence-electron chi connectivity index (χ2n) is 3.14. The highest BCUT2D eigenvalue weighted by Gasteiger charge is 2.35. The van der Waals surface area contributed by atoms with E-state index < -0.39 is 0 Å². The van der Waals surface area contributed by atoms with Gasteiger partial charge < -0.3 is 5.32 Å². The van der Waals surface area contributed by atoms with Crippen LogP contribution in [0, 0.1) is 5.92 Å². The van der Waals surface area contributed by atoms with Gasteiger partial charge in [0.2, 0.25) is 0 Å². The first kappa shape index (κ1) is 9.10. The molecule has 1 nitrogen and oxygen atoms in total. The van der Waals surface area contributed by atoms with Crippen molar-refractivity contribution in [3.8, 4) is 0 Å². The molecule has 66 valence electrons. The van der Waals surface area contributed by atoms with Crippen molar-refractivity contribution in [1.29, 1.82) is 0 Å². The summed E-state index contributed by atoms with van der Waals surface area (Å²) in [5, 5.41) is 4.11. The SMILES string of the molecule is ClC1=C(Br)C(C2CC2)NC=C1Br. The molecule has 0 spiro atoms. The van der Waals surface area contributed by atoms with E-state index in [0.29, 0.717) is 6.04 Å². The molecule has 0 aromatic carbocycles. The Labute approximate surface area is 93.5 Å². The maximum absolute atomic E-state index is 6.06. The molecular weight excluding hydrogens is 305 g/mol. The van der Waals surface area contributed by atoms with Crippen LogP contribution in [-0.4, -0.2) is 6.04 Å². The number of halogens is 3. The van der Waals surface area contributed by atoms with E-state index in [1.807, 2.05) is 6.20 Å². The number of nitrogens with one attached hydrogen (secondary N) is 1. The highest BCUT2D eigenvalue weighted by atomic mass is 79.9. The molecule has 0 aromatic rings. The zero-order valence-corrected chi connectivity index (χ0v) is 10.2. The first-order valence-corrected chi connectivity index (χ1v) is 5.84. The molecule has 0 bridgehead atoms. The highest BCUT2D eigenvalue weighted by molar-refractivity contribution is 9.12. The summed E-state index contributed by atoms with van der Waals surface area (Å²) < 4.78 is 2.01. The third-order valence-electron chi connectivity index (χ3n) is 2.18. The minimum absolute atomic E-state index is 0.402. The molecule has 0 aromatic heterocycles. The lowest BCUT2D eigenvalue weighted by Gasteiger charge is -2.22. The third-order valence-corrected chi connectivity index (χ3v) is 4.55. The van der Waals surface area contributed by atoms with Crippen molar-refractivity contribution in [3.05, 3.63) is 20.2 Å². The van der Waals surface area contributed by atoms with Crippen molar-refractivity contribution in [3.63, 3.8) is 0 Å². The van der Waals surface area contributed by atoms with Crippen molar-refractivity contribution >= 4 is 43.5 Å². The van der Waals surface area contributed by atoms with Gasteiger partial charge in [0, 0.05) is 10.7 Å². The predicted octanol–water partition coefficient (Wildman–Crippen LogP) is 3.45. The molecule has 0 saturated heterocycles. The summed E-state index contributed by atoms with van der Waals surface area (Å²) in [6.07, 6.45) is 4.54. The molecule has 1 saturated carbocycles. The molecule has 12 heavy (non-hydrogen) atoms. The Balaban J connectivity index is 2.22. The van der Waals surface area contributed by atoms with Crippen molar-refractivity contribution in [2.45, 2.75) is 18.9 Å². The molecule has 1 fully saturated rings. The Bertz CT molecular complexity index is 268. The summed E-state index contributed by atoms with van der Waals surface area (Å²) in [4.78, 5) is 0. The quantitative estimate of drug-likeness (QED) is 0.782. The number of hydrogen-bond acceptors (Lipinski definition) is 1. The second-order valence-corrected chi connectivity index (χ2v) is 5.22. The summed E-state index contributed by atoms with van der Waals surface area (Å²) in [6.45, 7) is 0. The minimum atomic E-state index is 0.402. The summed E-state index contributed by atoms with van der Waals surface area (Å²) in [5.74, 6) is 0.768. The molecule has 1 atom stereocenters. The zero-order valence-electron chi connectivity index (χ0n) is 6.28. The maximum atomic E-state index is 6.06. The van der Waals surface area contributed by atoms with E-state index in [9.17, 15) is 0 Å². The van der Waals surface area contributed by atoms with E-state index in [1.165, 1.54) is 12.8 Å². The van der Waals surface area contributed by atoms with Gasteiger partial charge in [0.05, 0.1) is 15.6 Å². The number of hydrogen-bond donors (Lipinski definition) is 1. The predicted molar refractivity (Wildman–Crippen MR) is 58.5 cm³/mol. The molecule has 0 radical (unpaired) electrons. The number of dihydropyridines is 1. The summed E-state index contributed by atoms with van der Waals surface area (Å²) in [6, 6.07) is 0.402. The van der Waals surface area contributed by atoms with Gasteiger partial charge >= 0.3 is 0 Å². The summed E-state index contributed by atoms with van der Waals surface area (Å²) in [5.41, 5.74) is 0. The van der Waals surface area contributed by atoms with Crippen LogP contribution >= 0.6 is 43.5 Å². The van der Waals surface area contributed by atoms with Crippen LogP contribution in [0.2, 0.25) is 0 Å². The van der Waals surface area contributed by atoms with Crippen LogP contribution in [0.3, 0.4) is 0 Å². The fourth-order valence-electron chi connectivity index (χ4n) is 1.32. The molecule has 4 heteroatoms.